The van der Waals surface area contributed by atoms with E-state index in [1.165, 1.54) is 12.3 Å². The highest BCUT2D eigenvalue weighted by atomic mass is 16.3. The Morgan fingerprint density at radius 1 is 1.12 bits per heavy atom. The van der Waals surface area contributed by atoms with Gasteiger partial charge in [-0.05, 0) is 24.3 Å². The lowest BCUT2D eigenvalue weighted by Crippen LogP contribution is -2.14. The maximum Gasteiger partial charge on any atom is 0.279 e. The summed E-state index contributed by atoms with van der Waals surface area (Å²) in [6, 6.07) is 8.10. The summed E-state index contributed by atoms with van der Waals surface area (Å²) < 4.78 is 0. The van der Waals surface area contributed by atoms with E-state index in [-0.39, 0.29) is 11.4 Å². The number of amides is 1. The minimum atomic E-state index is -0.489. The Bertz CT molecular complexity index is 500. The van der Waals surface area contributed by atoms with Gasteiger partial charge in [0.2, 0.25) is 0 Å². The Balaban J connectivity index is 2.19. The summed E-state index contributed by atoms with van der Waals surface area (Å²) in [7, 11) is 0. The number of pyridine rings is 2. The second-order valence-corrected chi connectivity index (χ2v) is 3.04. The fourth-order valence-corrected chi connectivity index (χ4v) is 1.18. The van der Waals surface area contributed by atoms with E-state index in [1.807, 2.05) is 0 Å². The summed E-state index contributed by atoms with van der Waals surface area (Å²) in [6.45, 7) is 0. The van der Waals surface area contributed by atoms with E-state index in [4.69, 9.17) is 0 Å². The zero-order chi connectivity index (χ0) is 11.4. The maximum atomic E-state index is 11.7. The van der Waals surface area contributed by atoms with Crippen molar-refractivity contribution >= 4 is 11.7 Å². The minimum absolute atomic E-state index is 0.0202. The lowest BCUT2D eigenvalue weighted by Gasteiger charge is -2.04. The summed E-state index contributed by atoms with van der Waals surface area (Å²) in [5.41, 5.74) is -0.0202. The topological polar surface area (TPSA) is 75.1 Å². The number of anilines is 1. The van der Waals surface area contributed by atoms with Gasteiger partial charge < -0.3 is 10.4 Å². The van der Waals surface area contributed by atoms with E-state index in [2.05, 4.69) is 15.3 Å². The average molecular weight is 215 g/mol. The third-order valence-electron chi connectivity index (χ3n) is 1.91. The fourth-order valence-electron chi connectivity index (χ4n) is 1.18. The molecule has 0 spiro atoms. The standard InChI is InChI=1S/C11H9N3O2/c15-8-4-3-7-13-10(8)11(16)14-9-5-1-2-6-12-9/h1-7,15H,(H,12,14,16). The zero-order valence-corrected chi connectivity index (χ0v) is 8.29. The summed E-state index contributed by atoms with van der Waals surface area (Å²) in [4.78, 5) is 19.4. The van der Waals surface area contributed by atoms with Gasteiger partial charge in [0.15, 0.2) is 5.69 Å². The van der Waals surface area contributed by atoms with Gasteiger partial charge in [-0.15, -0.1) is 0 Å². The molecule has 0 radical (unpaired) electrons. The number of rotatable bonds is 2. The first-order chi connectivity index (χ1) is 7.77. The molecule has 2 aromatic rings. The second-order valence-electron chi connectivity index (χ2n) is 3.04. The van der Waals surface area contributed by atoms with Crippen LogP contribution in [0.4, 0.5) is 5.82 Å². The summed E-state index contributed by atoms with van der Waals surface area (Å²) in [6.07, 6.45) is 3.00. The second kappa shape index (κ2) is 4.39. The SMILES string of the molecule is O=C(Nc1ccccn1)c1ncccc1O. The molecule has 0 unspecified atom stereocenters. The van der Waals surface area contributed by atoms with Crippen molar-refractivity contribution in [1.29, 1.82) is 0 Å². The number of hydrogen-bond donors (Lipinski definition) is 2. The molecule has 16 heavy (non-hydrogen) atoms. The van der Waals surface area contributed by atoms with Crippen LogP contribution in [0.5, 0.6) is 5.75 Å². The van der Waals surface area contributed by atoms with Crippen LogP contribution in [0.15, 0.2) is 42.7 Å². The van der Waals surface area contributed by atoms with E-state index in [9.17, 15) is 9.90 Å². The molecule has 2 rings (SSSR count). The van der Waals surface area contributed by atoms with Crippen molar-refractivity contribution in [3.8, 4) is 5.75 Å². The number of nitrogens with one attached hydrogen (secondary N) is 1. The molecule has 0 aliphatic carbocycles. The molecular formula is C11H9N3O2. The molecule has 0 aromatic carbocycles. The average Bonchev–Trinajstić information content (AvgIpc) is 2.31. The van der Waals surface area contributed by atoms with Gasteiger partial charge >= 0.3 is 0 Å². The third-order valence-corrected chi connectivity index (χ3v) is 1.91. The highest BCUT2D eigenvalue weighted by Gasteiger charge is 2.12. The Morgan fingerprint density at radius 3 is 2.62 bits per heavy atom. The minimum Gasteiger partial charge on any atom is -0.505 e. The van der Waals surface area contributed by atoms with Crippen molar-refractivity contribution in [1.82, 2.24) is 9.97 Å². The van der Waals surface area contributed by atoms with Crippen molar-refractivity contribution in [2.75, 3.05) is 5.32 Å². The molecule has 0 aliphatic heterocycles. The Kier molecular flexibility index (Phi) is 2.77. The van der Waals surface area contributed by atoms with Crippen LogP contribution in [0.1, 0.15) is 10.5 Å². The van der Waals surface area contributed by atoms with E-state index < -0.39 is 5.91 Å². The first-order valence-electron chi connectivity index (χ1n) is 4.64. The van der Waals surface area contributed by atoms with Crippen LogP contribution in [0.25, 0.3) is 0 Å². The molecule has 5 heteroatoms. The number of nitrogens with zero attached hydrogens (tertiary/aromatic N) is 2. The number of hydrogen-bond acceptors (Lipinski definition) is 4. The number of carbonyl (C=O) groups excluding carboxylic acids is 1. The summed E-state index contributed by atoms with van der Waals surface area (Å²) >= 11 is 0. The van der Waals surface area contributed by atoms with Gasteiger partial charge in [-0.3, -0.25) is 4.79 Å². The largest absolute Gasteiger partial charge is 0.505 e. The van der Waals surface area contributed by atoms with E-state index in [0.29, 0.717) is 5.82 Å². The zero-order valence-electron chi connectivity index (χ0n) is 8.29. The van der Waals surface area contributed by atoms with Crippen molar-refractivity contribution in [3.05, 3.63) is 48.4 Å². The van der Waals surface area contributed by atoms with Crippen molar-refractivity contribution in [2.24, 2.45) is 0 Å². The van der Waals surface area contributed by atoms with Gasteiger partial charge in [0.1, 0.15) is 11.6 Å². The summed E-state index contributed by atoms with van der Waals surface area (Å²) in [5.74, 6) is -0.231. The van der Waals surface area contributed by atoms with Crippen molar-refractivity contribution in [2.45, 2.75) is 0 Å². The molecule has 0 fully saturated rings. The van der Waals surface area contributed by atoms with E-state index in [1.54, 1.807) is 30.5 Å². The van der Waals surface area contributed by atoms with Crippen molar-refractivity contribution < 1.29 is 9.90 Å². The molecule has 80 valence electrons. The molecule has 0 aliphatic rings. The molecule has 1 amide bonds. The normalized spacial score (nSPS) is 9.75. The van der Waals surface area contributed by atoms with Crippen LogP contribution in [-0.4, -0.2) is 21.0 Å². The van der Waals surface area contributed by atoms with Crippen LogP contribution >= 0.6 is 0 Å². The summed E-state index contributed by atoms with van der Waals surface area (Å²) in [5, 5.41) is 11.9. The van der Waals surface area contributed by atoms with Crippen LogP contribution in [-0.2, 0) is 0 Å². The molecule has 5 nitrogen and oxygen atoms in total. The van der Waals surface area contributed by atoms with Gasteiger partial charge in [0.25, 0.3) is 5.91 Å². The maximum absolute atomic E-state index is 11.7. The quantitative estimate of drug-likeness (QED) is 0.794. The predicted molar refractivity (Wildman–Crippen MR) is 58.1 cm³/mol. The van der Waals surface area contributed by atoms with Crippen LogP contribution in [0, 0.1) is 0 Å². The van der Waals surface area contributed by atoms with Crippen molar-refractivity contribution in [3.63, 3.8) is 0 Å². The highest BCUT2D eigenvalue weighted by Crippen LogP contribution is 2.13. The highest BCUT2D eigenvalue weighted by molar-refractivity contribution is 6.04. The fraction of sp³-hybridized carbons (Fsp3) is 0. The van der Waals surface area contributed by atoms with Crippen LogP contribution in [0.3, 0.4) is 0 Å². The van der Waals surface area contributed by atoms with Crippen LogP contribution in [0.2, 0.25) is 0 Å². The Hall–Kier alpha value is -2.43. The van der Waals surface area contributed by atoms with Gasteiger partial charge in [0.05, 0.1) is 0 Å². The molecule has 0 saturated carbocycles. The third kappa shape index (κ3) is 2.14. The molecule has 2 N–H and O–H groups in total. The Labute approximate surface area is 91.8 Å². The molecule has 2 aromatic heterocycles. The molecular weight excluding hydrogens is 206 g/mol. The molecule has 2 heterocycles. The molecule has 0 saturated heterocycles. The van der Waals surface area contributed by atoms with E-state index >= 15 is 0 Å². The Morgan fingerprint density at radius 2 is 1.94 bits per heavy atom. The number of carbonyl (C=O) groups is 1. The number of aromatic nitrogens is 2. The number of aromatic hydroxyl groups is 1. The molecule has 0 bridgehead atoms. The lowest BCUT2D eigenvalue weighted by molar-refractivity contribution is 0.101. The predicted octanol–water partition coefficient (Wildman–Crippen LogP) is 1.43. The first kappa shape index (κ1) is 10.1. The van der Waals surface area contributed by atoms with Gasteiger partial charge in [-0.1, -0.05) is 6.07 Å². The lowest BCUT2D eigenvalue weighted by atomic mass is 10.3. The smallest absolute Gasteiger partial charge is 0.279 e. The van der Waals surface area contributed by atoms with Gasteiger partial charge in [-0.25, -0.2) is 9.97 Å². The molecule has 0 atom stereocenters. The van der Waals surface area contributed by atoms with Gasteiger partial charge in [-0.2, -0.15) is 0 Å². The first-order valence-corrected chi connectivity index (χ1v) is 4.64. The monoisotopic (exact) mass is 215 g/mol. The van der Waals surface area contributed by atoms with E-state index in [0.717, 1.165) is 0 Å². The van der Waals surface area contributed by atoms with Gasteiger partial charge in [0, 0.05) is 12.4 Å². The van der Waals surface area contributed by atoms with Crippen LogP contribution < -0.4 is 5.32 Å².